The zero-order valence-corrected chi connectivity index (χ0v) is 16.2. The van der Waals surface area contributed by atoms with Crippen molar-refractivity contribution in [3.63, 3.8) is 0 Å². The van der Waals surface area contributed by atoms with Gasteiger partial charge in [-0.2, -0.15) is 0 Å². The molecule has 1 aliphatic heterocycles. The van der Waals surface area contributed by atoms with Gasteiger partial charge in [0.2, 0.25) is 5.79 Å². The van der Waals surface area contributed by atoms with Crippen molar-refractivity contribution in [3.8, 4) is 5.75 Å². The maximum absolute atomic E-state index is 8.82. The molecule has 0 amide bonds. The largest absolute Gasteiger partial charge is 0.491 e. The molecule has 1 spiro atoms. The molecular formula is C22H32O5. The van der Waals surface area contributed by atoms with Crippen LogP contribution in [0.3, 0.4) is 0 Å². The predicted molar refractivity (Wildman–Crippen MR) is 104 cm³/mol. The summed E-state index contributed by atoms with van der Waals surface area (Å²) in [6.07, 6.45) is 10.1. The lowest BCUT2D eigenvalue weighted by Gasteiger charge is -2.39. The maximum Gasteiger partial charge on any atom is 0.201 e. The molecule has 0 aromatic heterocycles. The Bertz CT molecular complexity index is 563. The molecule has 1 atom stereocenters. The summed E-state index contributed by atoms with van der Waals surface area (Å²) in [6, 6.07) is 7.60. The second kappa shape index (κ2) is 10.2. The van der Waals surface area contributed by atoms with Gasteiger partial charge in [0.1, 0.15) is 18.5 Å². The van der Waals surface area contributed by atoms with Crippen molar-refractivity contribution in [2.75, 3.05) is 19.8 Å². The van der Waals surface area contributed by atoms with E-state index in [1.54, 1.807) is 0 Å². The molecule has 2 aliphatic rings. The van der Waals surface area contributed by atoms with E-state index in [2.05, 4.69) is 6.58 Å². The average molecular weight is 376 g/mol. The Morgan fingerprint density at radius 1 is 1.04 bits per heavy atom. The van der Waals surface area contributed by atoms with Crippen molar-refractivity contribution in [2.24, 2.45) is 0 Å². The molecule has 1 saturated carbocycles. The zero-order valence-electron chi connectivity index (χ0n) is 16.2. The first-order valence-corrected chi connectivity index (χ1v) is 10.2. The molecule has 27 heavy (non-hydrogen) atoms. The molecule has 2 fully saturated rings. The topological polar surface area (TPSA) is 57.2 Å². The van der Waals surface area contributed by atoms with E-state index in [0.29, 0.717) is 6.61 Å². The van der Waals surface area contributed by atoms with Crippen LogP contribution in [0, 0.1) is 0 Å². The lowest BCUT2D eigenvalue weighted by atomic mass is 9.96. The smallest absolute Gasteiger partial charge is 0.201 e. The molecule has 5 nitrogen and oxygen atoms in total. The van der Waals surface area contributed by atoms with E-state index in [1.807, 2.05) is 24.3 Å². The highest BCUT2D eigenvalue weighted by atomic mass is 17.2. The predicted octanol–water partition coefficient (Wildman–Crippen LogP) is 4.64. The van der Waals surface area contributed by atoms with Gasteiger partial charge >= 0.3 is 0 Å². The number of hydrogen-bond donors (Lipinski definition) is 1. The number of benzene rings is 1. The summed E-state index contributed by atoms with van der Waals surface area (Å²) in [5, 5.41) is 8.82. The van der Waals surface area contributed by atoms with E-state index in [9.17, 15) is 0 Å². The van der Waals surface area contributed by atoms with E-state index in [1.165, 1.54) is 32.1 Å². The van der Waals surface area contributed by atoms with Gasteiger partial charge in [0.25, 0.3) is 0 Å². The zero-order chi connectivity index (χ0) is 19.0. The first-order chi connectivity index (χ1) is 13.2. The second-order valence-electron chi connectivity index (χ2n) is 7.49. The summed E-state index contributed by atoms with van der Waals surface area (Å²) < 4.78 is 11.6. The Balaban J connectivity index is 1.54. The summed E-state index contributed by atoms with van der Waals surface area (Å²) in [7, 11) is 0. The van der Waals surface area contributed by atoms with E-state index in [0.717, 1.165) is 42.6 Å². The summed E-state index contributed by atoms with van der Waals surface area (Å²) in [5.41, 5.74) is 1.80. The van der Waals surface area contributed by atoms with E-state index < -0.39 is 5.79 Å². The number of rotatable bonds is 5. The molecule has 5 heteroatoms. The first-order valence-electron chi connectivity index (χ1n) is 10.2. The maximum atomic E-state index is 8.82. The van der Waals surface area contributed by atoms with Crippen molar-refractivity contribution in [1.29, 1.82) is 0 Å². The molecule has 1 aromatic rings. The van der Waals surface area contributed by atoms with Crippen LogP contribution in [0.5, 0.6) is 5.75 Å². The summed E-state index contributed by atoms with van der Waals surface area (Å²) in [5.74, 6) is 0.133. The Kier molecular flexibility index (Phi) is 7.70. The van der Waals surface area contributed by atoms with Crippen LogP contribution in [0.1, 0.15) is 63.4 Å². The fraction of sp³-hybridized carbons (Fsp3) is 0.636. The van der Waals surface area contributed by atoms with Crippen LogP contribution < -0.4 is 4.74 Å². The third kappa shape index (κ3) is 5.79. The lowest BCUT2D eigenvalue weighted by molar-refractivity contribution is -0.481. The first kappa shape index (κ1) is 20.3. The fourth-order valence-electron chi connectivity index (χ4n) is 3.72. The lowest BCUT2D eigenvalue weighted by Crippen LogP contribution is -2.45. The van der Waals surface area contributed by atoms with Gasteiger partial charge in [0.15, 0.2) is 0 Å². The second-order valence-corrected chi connectivity index (χ2v) is 7.49. The third-order valence-electron chi connectivity index (χ3n) is 5.40. The van der Waals surface area contributed by atoms with Gasteiger partial charge in [-0.05, 0) is 36.1 Å². The average Bonchev–Trinajstić information content (AvgIpc) is 2.72. The Labute approximate surface area is 162 Å². The minimum Gasteiger partial charge on any atom is -0.491 e. The highest BCUT2D eigenvalue weighted by molar-refractivity contribution is 5.67. The minimum absolute atomic E-state index is 0.000795. The van der Waals surface area contributed by atoms with Crippen LogP contribution in [0.2, 0.25) is 0 Å². The number of aliphatic hydroxyl groups is 1. The summed E-state index contributed by atoms with van der Waals surface area (Å²) in [4.78, 5) is 11.6. The monoisotopic (exact) mass is 376 g/mol. The molecule has 0 bridgehead atoms. The van der Waals surface area contributed by atoms with Crippen LogP contribution >= 0.6 is 0 Å². The van der Waals surface area contributed by atoms with Crippen LogP contribution in [0.4, 0.5) is 0 Å². The quantitative estimate of drug-likeness (QED) is 0.759. The SMILES string of the molecule is C=C(c1ccc(OCCO)cc1)C1COC2(CCCCCCCCC2)OO1. The van der Waals surface area contributed by atoms with Gasteiger partial charge < -0.3 is 14.6 Å². The molecular weight excluding hydrogens is 344 g/mol. The normalized spacial score (nSPS) is 23.7. The number of aliphatic hydroxyl groups excluding tert-OH is 1. The molecule has 1 saturated heterocycles. The standard InChI is InChI=1S/C22H32O5/c1-18(19-9-11-20(12-10-19)24-16-15-23)21-17-25-22(27-26-21)13-7-5-3-2-4-6-8-14-22/h9-12,21,23H,1-8,13-17H2. The van der Waals surface area contributed by atoms with Crippen molar-refractivity contribution in [3.05, 3.63) is 36.4 Å². The molecule has 1 heterocycles. The third-order valence-corrected chi connectivity index (χ3v) is 5.40. The van der Waals surface area contributed by atoms with Crippen LogP contribution in [-0.4, -0.2) is 36.8 Å². The molecule has 0 radical (unpaired) electrons. The Morgan fingerprint density at radius 3 is 2.22 bits per heavy atom. The minimum atomic E-state index is -0.587. The van der Waals surface area contributed by atoms with Crippen LogP contribution in [0.15, 0.2) is 30.8 Å². The fourth-order valence-corrected chi connectivity index (χ4v) is 3.72. The molecule has 1 unspecified atom stereocenters. The van der Waals surface area contributed by atoms with Crippen LogP contribution in [0.25, 0.3) is 5.57 Å². The van der Waals surface area contributed by atoms with Gasteiger partial charge in [-0.3, -0.25) is 0 Å². The van der Waals surface area contributed by atoms with Gasteiger partial charge in [-0.1, -0.05) is 50.8 Å². The van der Waals surface area contributed by atoms with Gasteiger partial charge in [0.05, 0.1) is 13.2 Å². The van der Waals surface area contributed by atoms with E-state index >= 15 is 0 Å². The van der Waals surface area contributed by atoms with Crippen molar-refractivity contribution < 1.29 is 24.4 Å². The summed E-state index contributed by atoms with van der Waals surface area (Å²) >= 11 is 0. The highest BCUT2D eigenvalue weighted by Crippen LogP contribution is 2.36. The molecule has 1 aromatic carbocycles. The molecule has 1 aliphatic carbocycles. The number of ether oxygens (including phenoxy) is 2. The van der Waals surface area contributed by atoms with Gasteiger partial charge in [-0.15, -0.1) is 0 Å². The van der Waals surface area contributed by atoms with Crippen molar-refractivity contribution in [1.82, 2.24) is 0 Å². The molecule has 3 rings (SSSR count). The van der Waals surface area contributed by atoms with Gasteiger partial charge in [-0.25, -0.2) is 9.78 Å². The van der Waals surface area contributed by atoms with E-state index in [-0.39, 0.29) is 19.3 Å². The summed E-state index contributed by atoms with van der Waals surface area (Å²) in [6.45, 7) is 4.92. The Hall–Kier alpha value is -1.40. The molecule has 150 valence electrons. The molecule has 1 N–H and O–H groups in total. The van der Waals surface area contributed by atoms with E-state index in [4.69, 9.17) is 24.4 Å². The highest BCUT2D eigenvalue weighted by Gasteiger charge is 2.39. The van der Waals surface area contributed by atoms with Crippen molar-refractivity contribution >= 4 is 5.57 Å². The van der Waals surface area contributed by atoms with Crippen molar-refractivity contribution in [2.45, 2.75) is 69.7 Å². The van der Waals surface area contributed by atoms with Gasteiger partial charge in [0, 0.05) is 12.8 Å². The van der Waals surface area contributed by atoms with Crippen LogP contribution in [-0.2, 0) is 14.5 Å². The Morgan fingerprint density at radius 2 is 1.67 bits per heavy atom. The number of hydrogen-bond acceptors (Lipinski definition) is 5.